The van der Waals surface area contributed by atoms with Crippen molar-refractivity contribution in [3.63, 3.8) is 0 Å². The van der Waals surface area contributed by atoms with Gasteiger partial charge in [0.25, 0.3) is 30.4 Å². The average molecular weight is 1020 g/mol. The molecule has 7 rings (SSSR count). The van der Waals surface area contributed by atoms with Gasteiger partial charge in [-0.1, -0.05) is 28.3 Å². The monoisotopic (exact) mass is 1020 g/mol. The van der Waals surface area contributed by atoms with Gasteiger partial charge in [-0.3, -0.25) is 13.7 Å². The summed E-state index contributed by atoms with van der Waals surface area (Å²) >= 11 is 4.37. The van der Waals surface area contributed by atoms with Crippen molar-refractivity contribution in [2.45, 2.75) is 29.4 Å². The van der Waals surface area contributed by atoms with Crippen molar-refractivity contribution in [1.82, 2.24) is 15.0 Å². The lowest BCUT2D eigenvalue weighted by Gasteiger charge is -2.14. The molecule has 1 heterocycles. The van der Waals surface area contributed by atoms with Crippen molar-refractivity contribution in [2.75, 3.05) is 16.0 Å². The minimum Gasteiger partial charge on any atom is -0.324 e. The number of thiol groups is 1. The van der Waals surface area contributed by atoms with Crippen LogP contribution >= 0.6 is 37.0 Å². The molecule has 24 nitrogen and oxygen atoms in total. The van der Waals surface area contributed by atoms with Crippen molar-refractivity contribution < 1.29 is 80.2 Å². The van der Waals surface area contributed by atoms with E-state index in [1.165, 1.54) is 66.7 Å². The summed E-state index contributed by atoms with van der Waals surface area (Å²) in [5.74, 6) is -0.569. The second-order valence-corrected chi connectivity index (χ2v) is 20.4. The predicted octanol–water partition coefficient (Wildman–Crippen LogP) is 6.71. The van der Waals surface area contributed by atoms with Crippen molar-refractivity contribution in [3.05, 3.63) is 91.0 Å². The summed E-state index contributed by atoms with van der Waals surface area (Å²) in [7, 11) is -19.1. The Balaban J connectivity index is 1.33. The van der Waals surface area contributed by atoms with Gasteiger partial charge in [-0.15, -0.1) is 8.67 Å². The van der Waals surface area contributed by atoms with Crippen molar-refractivity contribution in [2.24, 2.45) is 0 Å². The van der Waals surface area contributed by atoms with Crippen LogP contribution in [0.4, 0.5) is 34.9 Å². The zero-order valence-electron chi connectivity index (χ0n) is 30.9. The van der Waals surface area contributed by atoms with Crippen LogP contribution in [0.3, 0.4) is 0 Å². The molecular weight excluding hydrogens is 993 g/mol. The van der Waals surface area contributed by atoms with Crippen molar-refractivity contribution >= 4 is 145 Å². The molecule has 0 saturated heterocycles. The first-order chi connectivity index (χ1) is 30.1. The molecule has 0 bridgehead atoms. The number of benzene rings is 6. The van der Waals surface area contributed by atoms with E-state index in [0.29, 0.717) is 35.5 Å². The maximum atomic E-state index is 12.8. The van der Waals surface area contributed by atoms with Crippen LogP contribution in [0.2, 0.25) is 0 Å². The minimum absolute atomic E-state index is 0.0678. The first-order valence-corrected chi connectivity index (χ1v) is 24.3. The number of nitrogens with zero attached hydrogens (tertiary/aromatic N) is 3. The van der Waals surface area contributed by atoms with Gasteiger partial charge in [0, 0.05) is 37.6 Å². The Labute approximate surface area is 374 Å². The maximum absolute atomic E-state index is 12.8. The molecule has 8 N–H and O–H groups in total. The van der Waals surface area contributed by atoms with E-state index < -0.39 is 55.2 Å². The molecule has 6 aromatic carbocycles. The molecule has 0 aliphatic heterocycles. The third-order valence-electron chi connectivity index (χ3n) is 8.62. The Kier molecular flexibility index (Phi) is 13.5. The second-order valence-electron chi connectivity index (χ2n) is 12.7. The number of hydrogen-bond donors (Lipinski definition) is 9. The summed E-state index contributed by atoms with van der Waals surface area (Å²) in [6, 6.07) is 19.2. The van der Waals surface area contributed by atoms with E-state index in [0.717, 1.165) is 18.2 Å². The number of anilines is 6. The summed E-state index contributed by atoms with van der Waals surface area (Å²) in [4.78, 5) is 11.0. The topological polar surface area (TPSA) is 359 Å². The van der Waals surface area contributed by atoms with Crippen LogP contribution < -0.4 is 16.0 Å². The molecule has 1 aromatic heterocycles. The summed E-state index contributed by atoms with van der Waals surface area (Å²) in [5.41, 5.74) is 0.623. The Morgan fingerprint density at radius 2 is 0.938 bits per heavy atom. The van der Waals surface area contributed by atoms with E-state index in [9.17, 15) is 47.3 Å². The molecule has 0 aliphatic carbocycles. The van der Waals surface area contributed by atoms with Gasteiger partial charge in [-0.2, -0.15) is 52.3 Å². The molecule has 0 aliphatic rings. The summed E-state index contributed by atoms with van der Waals surface area (Å²) < 4.78 is 141. The fourth-order valence-electron chi connectivity index (χ4n) is 6.07. The third kappa shape index (κ3) is 10.7. The lowest BCUT2D eigenvalue weighted by atomic mass is 10.1. The normalized spacial score (nSPS) is 12.5. The second kappa shape index (κ2) is 18.4. The van der Waals surface area contributed by atoms with Crippen LogP contribution in [0.5, 0.6) is 0 Å². The fourth-order valence-corrected chi connectivity index (χ4v) is 10.2. The number of nitrogens with one attached hydrogen (secondary N) is 3. The average Bonchev–Trinajstić information content (AvgIpc) is 3.22. The standard InChI is InChI=1S/C33H24N6O18S7/c40-53-55-59-22-10-16-7-20(3-6-27(16)30(13-22)64(51,52)57-58)35-32-37-31(34-19-1-4-25-17(8-19)11-23(61(42,43)44)14-28(25)60-56-54-41)38-33(39-32)36-21-2-5-26-18(9-21)12-24(62(45,46)47)15-29(26)63(48,49)50/h1-15,40-41,58H,(H,42,43,44)(H,45,46,47)(H,48,49,50)(H3,34,35,36,37,38,39). The van der Waals surface area contributed by atoms with Crippen LogP contribution in [-0.4, -0.2) is 72.8 Å². The zero-order chi connectivity index (χ0) is 46.2. The molecule has 7 aromatic rings. The first kappa shape index (κ1) is 46.9. The highest BCUT2D eigenvalue weighted by molar-refractivity contribution is 7.96. The fraction of sp³-hybridized carbons (Fsp3) is 0. The zero-order valence-corrected chi connectivity index (χ0v) is 36.7. The van der Waals surface area contributed by atoms with Crippen LogP contribution in [0.15, 0.2) is 120 Å². The molecule has 0 unspecified atom stereocenters. The first-order valence-electron chi connectivity index (χ1n) is 16.8. The van der Waals surface area contributed by atoms with Gasteiger partial charge in [0.05, 0.1) is 33.9 Å². The Morgan fingerprint density at radius 3 is 1.41 bits per heavy atom. The smallest absolute Gasteiger partial charge is 0.308 e. The molecule has 64 heavy (non-hydrogen) atoms. The van der Waals surface area contributed by atoms with Crippen molar-refractivity contribution in [3.8, 4) is 0 Å². The van der Waals surface area contributed by atoms with E-state index in [1.807, 2.05) is 0 Å². The van der Waals surface area contributed by atoms with Gasteiger partial charge in [-0.05, 0) is 107 Å². The Hall–Kier alpha value is -5.04. The van der Waals surface area contributed by atoms with Gasteiger partial charge in [0.15, 0.2) is 0 Å². The number of rotatable bonds is 17. The summed E-state index contributed by atoms with van der Waals surface area (Å²) in [5, 5.41) is 34.3. The van der Waals surface area contributed by atoms with E-state index >= 15 is 0 Å². The Bertz CT molecular complexity index is 3460. The molecule has 0 atom stereocenters. The quantitative estimate of drug-likeness (QED) is 0.0150. The van der Waals surface area contributed by atoms with Gasteiger partial charge in [0.2, 0.25) is 17.8 Å². The van der Waals surface area contributed by atoms with E-state index in [-0.39, 0.29) is 76.5 Å². The molecule has 0 radical (unpaired) electrons. The van der Waals surface area contributed by atoms with Crippen LogP contribution in [0, 0.1) is 0 Å². The summed E-state index contributed by atoms with van der Waals surface area (Å²) in [6.45, 7) is 0. The summed E-state index contributed by atoms with van der Waals surface area (Å²) in [6.07, 6.45) is 0. The molecule has 0 amide bonds. The highest BCUT2D eigenvalue weighted by Gasteiger charge is 2.23. The molecule has 0 saturated carbocycles. The Morgan fingerprint density at radius 1 is 0.500 bits per heavy atom. The van der Waals surface area contributed by atoms with E-state index in [2.05, 4.69) is 66.2 Å². The van der Waals surface area contributed by atoms with E-state index in [1.54, 1.807) is 0 Å². The largest absolute Gasteiger partial charge is 0.324 e. The van der Waals surface area contributed by atoms with Gasteiger partial charge < -0.3 is 16.0 Å². The molecule has 0 fully saturated rings. The highest BCUT2D eigenvalue weighted by Crippen LogP contribution is 2.36. The van der Waals surface area contributed by atoms with Gasteiger partial charge >= 0.3 is 10.1 Å². The molecule has 336 valence electrons. The number of aromatic nitrogens is 3. The van der Waals surface area contributed by atoms with Crippen LogP contribution in [0.1, 0.15) is 0 Å². The van der Waals surface area contributed by atoms with Crippen molar-refractivity contribution in [1.29, 1.82) is 0 Å². The lowest BCUT2D eigenvalue weighted by Crippen LogP contribution is -2.08. The number of fused-ring (bicyclic) bond motifs is 3. The predicted molar refractivity (Wildman–Crippen MR) is 230 cm³/mol. The van der Waals surface area contributed by atoms with E-state index in [4.69, 9.17) is 10.5 Å². The lowest BCUT2D eigenvalue weighted by molar-refractivity contribution is -0.432. The molecule has 31 heteroatoms. The van der Waals surface area contributed by atoms with Gasteiger partial charge in [-0.25, -0.2) is 10.5 Å². The molecular formula is C33H24N6O18S7. The highest BCUT2D eigenvalue weighted by atomic mass is 32.3. The number of hydrogen-bond acceptors (Lipinski definition) is 24. The van der Waals surface area contributed by atoms with Crippen LogP contribution in [0.25, 0.3) is 32.3 Å². The molecule has 0 spiro atoms. The maximum Gasteiger partial charge on any atom is 0.308 e. The third-order valence-corrected chi connectivity index (χ3v) is 14.0. The van der Waals surface area contributed by atoms with Crippen LogP contribution in [-0.2, 0) is 62.8 Å². The minimum atomic E-state index is -4.99. The SMILES string of the molecule is O=S(=O)(O)c1cc(SOOO)c2ccc(Nc3nc(Nc4ccc5c(S(=O)(=O)O)cc(S(=O)(=O)O)cc5c4)nc(Nc4ccc5c(S(=O)(=O)OS)cc(SOOO)cc5c4)n3)cc2c1. The van der Waals surface area contributed by atoms with Gasteiger partial charge in [0.1, 0.15) is 9.79 Å².